The third kappa shape index (κ3) is 13.1. The first-order valence-electron chi connectivity index (χ1n) is 9.96. The predicted octanol–water partition coefficient (Wildman–Crippen LogP) is 7.07. The first kappa shape index (κ1) is 24.3. The summed E-state index contributed by atoms with van der Waals surface area (Å²) < 4.78 is 1.97. The van der Waals surface area contributed by atoms with E-state index < -0.39 is 0 Å². The summed E-state index contributed by atoms with van der Waals surface area (Å²) in [6.07, 6.45) is 9.05. The molecule has 4 aromatic rings. The molecular weight excluding hydrogens is 356 g/mol. The molecule has 3 aromatic heterocycles. The number of nitrogens with zero attached hydrogens (tertiary/aromatic N) is 4. The number of rotatable bonds is 0. The number of benzene rings is 1. The summed E-state index contributed by atoms with van der Waals surface area (Å²) in [6, 6.07) is 13.8. The van der Waals surface area contributed by atoms with Gasteiger partial charge in [0.25, 0.3) is 0 Å². The molecule has 4 heteroatoms. The molecule has 0 fully saturated rings. The average Bonchev–Trinajstić information content (AvgIpc) is 3.08. The first-order chi connectivity index (χ1) is 13.4. The fourth-order valence-corrected chi connectivity index (χ4v) is 1.79. The molecule has 0 bridgehead atoms. The molecule has 0 spiro atoms. The summed E-state index contributed by atoms with van der Waals surface area (Å²) in [6.45, 7) is 17.5. The van der Waals surface area contributed by atoms with Crippen LogP contribution in [0.25, 0.3) is 16.6 Å². The zero-order valence-electron chi connectivity index (χ0n) is 19.2. The fourth-order valence-electron chi connectivity index (χ4n) is 1.79. The Hall–Kier alpha value is -2.75. The Bertz CT molecular complexity index is 840. The highest BCUT2D eigenvalue weighted by Gasteiger charge is 1.96. The summed E-state index contributed by atoms with van der Waals surface area (Å²) in [5.74, 6) is 0. The third-order valence-electron chi connectivity index (χ3n) is 2.72. The van der Waals surface area contributed by atoms with Crippen LogP contribution in [0.15, 0.2) is 73.6 Å². The summed E-state index contributed by atoms with van der Waals surface area (Å²) in [5, 5.41) is 1.09. The molecule has 4 rings (SSSR count). The summed E-state index contributed by atoms with van der Waals surface area (Å²) in [7, 11) is 0. The Morgan fingerprint density at radius 3 is 1.86 bits per heavy atom. The normalized spacial score (nSPS) is 10.8. The van der Waals surface area contributed by atoms with Crippen molar-refractivity contribution in [1.82, 2.24) is 19.4 Å². The molecule has 0 aliphatic carbocycles. The van der Waals surface area contributed by atoms with E-state index in [-0.39, 0.29) is 0 Å². The lowest BCUT2D eigenvalue weighted by Gasteiger charge is -2.05. The fraction of sp³-hybridized carbons (Fsp3) is 0.400. The van der Waals surface area contributed by atoms with E-state index in [1.807, 2.05) is 65.5 Å². The minimum atomic E-state index is 0.500. The van der Waals surface area contributed by atoms with Crippen LogP contribution in [0.4, 0.5) is 0 Å². The SMILES string of the molecule is CC(C)(C)C.CC(C)(C)C.c1ccc2ncncc2c1.c1ccn2ccnc2c1. The molecule has 0 saturated carbocycles. The number of imidazole rings is 1. The highest BCUT2D eigenvalue weighted by atomic mass is 15.0. The van der Waals surface area contributed by atoms with Crippen molar-refractivity contribution in [2.75, 3.05) is 0 Å². The molecule has 4 nitrogen and oxygen atoms in total. The molecule has 0 N–H and O–H groups in total. The zero-order chi connectivity index (χ0) is 21.9. The van der Waals surface area contributed by atoms with Gasteiger partial charge in [-0.2, -0.15) is 0 Å². The number of aromatic nitrogens is 4. The van der Waals surface area contributed by atoms with Crippen molar-refractivity contribution in [2.45, 2.75) is 55.4 Å². The number of para-hydroxylation sites is 1. The predicted molar refractivity (Wildman–Crippen MR) is 125 cm³/mol. The van der Waals surface area contributed by atoms with Crippen LogP contribution in [0.5, 0.6) is 0 Å². The summed E-state index contributed by atoms with van der Waals surface area (Å²) >= 11 is 0. The van der Waals surface area contributed by atoms with Crippen LogP contribution >= 0.6 is 0 Å². The van der Waals surface area contributed by atoms with Crippen molar-refractivity contribution in [3.63, 3.8) is 0 Å². The van der Waals surface area contributed by atoms with Crippen LogP contribution in [0.3, 0.4) is 0 Å². The standard InChI is InChI=1S/C8H6N2.C7H6N2.2C5H12/c1-2-4-8-7(3-1)5-9-6-10-8;1-2-5-9-6-4-8-7(9)3-1;2*1-5(2,3)4/h1-6H;1-6H;2*1-4H3. The van der Waals surface area contributed by atoms with Gasteiger partial charge in [-0.05, 0) is 29.0 Å². The molecule has 29 heavy (non-hydrogen) atoms. The zero-order valence-corrected chi connectivity index (χ0v) is 19.2. The number of hydrogen-bond donors (Lipinski definition) is 0. The molecule has 0 atom stereocenters. The van der Waals surface area contributed by atoms with Gasteiger partial charge >= 0.3 is 0 Å². The van der Waals surface area contributed by atoms with Crippen LogP contribution in [-0.2, 0) is 0 Å². The monoisotopic (exact) mass is 392 g/mol. The van der Waals surface area contributed by atoms with Crippen molar-refractivity contribution in [2.24, 2.45) is 10.8 Å². The van der Waals surface area contributed by atoms with Crippen molar-refractivity contribution < 1.29 is 0 Å². The molecule has 0 radical (unpaired) electrons. The maximum absolute atomic E-state index is 4.08. The van der Waals surface area contributed by atoms with E-state index >= 15 is 0 Å². The Morgan fingerprint density at radius 2 is 1.28 bits per heavy atom. The lowest BCUT2D eigenvalue weighted by atomic mass is 10.0. The molecule has 0 unspecified atom stereocenters. The third-order valence-corrected chi connectivity index (χ3v) is 2.72. The van der Waals surface area contributed by atoms with Gasteiger partial charge in [0.15, 0.2) is 0 Å². The van der Waals surface area contributed by atoms with Crippen LogP contribution in [0.1, 0.15) is 55.4 Å². The van der Waals surface area contributed by atoms with E-state index in [1.165, 1.54) is 0 Å². The van der Waals surface area contributed by atoms with Crippen LogP contribution in [0.2, 0.25) is 0 Å². The van der Waals surface area contributed by atoms with Crippen molar-refractivity contribution in [1.29, 1.82) is 0 Å². The maximum atomic E-state index is 4.08. The van der Waals surface area contributed by atoms with Crippen molar-refractivity contribution in [3.05, 3.63) is 73.6 Å². The smallest absolute Gasteiger partial charge is 0.136 e. The average molecular weight is 393 g/mol. The topological polar surface area (TPSA) is 43.1 Å². The number of fused-ring (bicyclic) bond motifs is 2. The molecule has 0 saturated heterocycles. The van der Waals surface area contributed by atoms with E-state index in [4.69, 9.17) is 0 Å². The van der Waals surface area contributed by atoms with Gasteiger partial charge in [-0.1, -0.05) is 79.7 Å². The Labute approximate surface area is 176 Å². The molecule has 0 aliphatic rings. The summed E-state index contributed by atoms with van der Waals surface area (Å²) in [4.78, 5) is 12.1. The van der Waals surface area contributed by atoms with Gasteiger partial charge in [-0.25, -0.2) is 15.0 Å². The Kier molecular flexibility index (Phi) is 9.46. The molecule has 0 amide bonds. The molecule has 0 aliphatic heterocycles. The van der Waals surface area contributed by atoms with Gasteiger partial charge in [0.05, 0.1) is 5.52 Å². The second kappa shape index (κ2) is 11.3. The quantitative estimate of drug-likeness (QED) is 0.321. The Balaban J connectivity index is 0.000000205. The number of hydrogen-bond acceptors (Lipinski definition) is 3. The second-order valence-electron chi connectivity index (χ2n) is 9.97. The van der Waals surface area contributed by atoms with Gasteiger partial charge < -0.3 is 4.40 Å². The molecular formula is C25H36N4. The maximum Gasteiger partial charge on any atom is 0.136 e. The highest BCUT2D eigenvalue weighted by molar-refractivity contribution is 5.76. The minimum absolute atomic E-state index is 0.500. The largest absolute Gasteiger partial charge is 0.307 e. The van der Waals surface area contributed by atoms with Crippen LogP contribution in [-0.4, -0.2) is 19.4 Å². The van der Waals surface area contributed by atoms with E-state index in [1.54, 1.807) is 12.5 Å². The van der Waals surface area contributed by atoms with Crippen molar-refractivity contribution >= 4 is 16.6 Å². The van der Waals surface area contributed by atoms with E-state index in [0.717, 1.165) is 16.6 Å². The number of pyridine rings is 1. The van der Waals surface area contributed by atoms with Gasteiger partial charge in [-0.3, -0.25) is 0 Å². The molecule has 1 aromatic carbocycles. The lowest BCUT2D eigenvalue weighted by Crippen LogP contribution is -1.93. The van der Waals surface area contributed by atoms with E-state index in [2.05, 4.69) is 70.3 Å². The molecule has 156 valence electrons. The summed E-state index contributed by atoms with van der Waals surface area (Å²) in [5.41, 5.74) is 3.00. The van der Waals surface area contributed by atoms with Crippen molar-refractivity contribution in [3.8, 4) is 0 Å². The minimum Gasteiger partial charge on any atom is -0.307 e. The van der Waals surface area contributed by atoms with E-state index in [0.29, 0.717) is 10.8 Å². The Morgan fingerprint density at radius 1 is 0.690 bits per heavy atom. The van der Waals surface area contributed by atoms with Gasteiger partial charge in [0.2, 0.25) is 0 Å². The lowest BCUT2D eigenvalue weighted by molar-refractivity contribution is 0.469. The van der Waals surface area contributed by atoms with Gasteiger partial charge in [0.1, 0.15) is 12.0 Å². The molecule has 3 heterocycles. The van der Waals surface area contributed by atoms with Gasteiger partial charge in [0, 0.05) is 30.2 Å². The van der Waals surface area contributed by atoms with Crippen LogP contribution < -0.4 is 0 Å². The second-order valence-corrected chi connectivity index (χ2v) is 9.97. The highest BCUT2D eigenvalue weighted by Crippen LogP contribution is 2.08. The van der Waals surface area contributed by atoms with Gasteiger partial charge in [-0.15, -0.1) is 0 Å². The van der Waals surface area contributed by atoms with Crippen LogP contribution in [0, 0.1) is 10.8 Å². The van der Waals surface area contributed by atoms with E-state index in [9.17, 15) is 0 Å². The first-order valence-corrected chi connectivity index (χ1v) is 9.96.